The number of anilines is 2. The highest BCUT2D eigenvalue weighted by molar-refractivity contribution is 7.99. The molecule has 2 aromatic heterocycles. The second-order valence-electron chi connectivity index (χ2n) is 7.65. The van der Waals surface area contributed by atoms with E-state index in [-0.39, 0.29) is 44.9 Å². The summed E-state index contributed by atoms with van der Waals surface area (Å²) in [6.45, 7) is -3.11. The Morgan fingerprint density at radius 3 is 2.81 bits per heavy atom. The van der Waals surface area contributed by atoms with E-state index in [1.807, 2.05) is 6.07 Å². The average Bonchev–Trinajstić information content (AvgIpc) is 3.33. The number of hydrogen-bond donors (Lipinski definition) is 1. The number of thioether (sulfide) groups is 1. The molecule has 9 nitrogen and oxygen atoms in total. The Labute approximate surface area is 212 Å². The number of nitriles is 1. The lowest BCUT2D eigenvalue weighted by molar-refractivity contribution is -0.0498. The van der Waals surface area contributed by atoms with E-state index in [2.05, 4.69) is 9.97 Å². The predicted molar refractivity (Wildman–Crippen MR) is 133 cm³/mol. The molecular formula is C23H16ClF2N7O2S. The highest BCUT2D eigenvalue weighted by Crippen LogP contribution is 2.39. The van der Waals surface area contributed by atoms with E-state index in [4.69, 9.17) is 27.1 Å². The molecule has 36 heavy (non-hydrogen) atoms. The summed E-state index contributed by atoms with van der Waals surface area (Å²) >= 11 is 7.87. The Balaban J connectivity index is 1.80. The lowest BCUT2D eigenvalue weighted by atomic mass is 10.1. The van der Waals surface area contributed by atoms with E-state index in [0.29, 0.717) is 17.1 Å². The lowest BCUT2D eigenvalue weighted by Gasteiger charge is -2.27. The number of para-hydroxylation sites is 2. The number of fused-ring (bicyclic) bond motifs is 1. The van der Waals surface area contributed by atoms with Gasteiger partial charge in [-0.05, 0) is 24.3 Å². The fourth-order valence-electron chi connectivity index (χ4n) is 4.08. The van der Waals surface area contributed by atoms with Crippen LogP contribution in [-0.2, 0) is 0 Å². The van der Waals surface area contributed by atoms with Crippen LogP contribution in [0.5, 0.6) is 5.75 Å². The normalized spacial score (nSPS) is 15.4. The number of halogens is 3. The van der Waals surface area contributed by atoms with Crippen LogP contribution in [0.4, 0.5) is 20.4 Å². The maximum absolute atomic E-state index is 13.9. The van der Waals surface area contributed by atoms with Crippen LogP contribution in [0.1, 0.15) is 17.4 Å². The summed E-state index contributed by atoms with van der Waals surface area (Å²) in [6.07, 6.45) is 1.25. The van der Waals surface area contributed by atoms with E-state index in [1.165, 1.54) is 40.9 Å². The van der Waals surface area contributed by atoms with Gasteiger partial charge in [-0.2, -0.15) is 14.0 Å². The van der Waals surface area contributed by atoms with Gasteiger partial charge in [0.2, 0.25) is 0 Å². The fraction of sp³-hybridized carbons (Fsp3) is 0.174. The molecule has 0 radical (unpaired) electrons. The molecular weight excluding hydrogens is 512 g/mol. The zero-order valence-corrected chi connectivity index (χ0v) is 19.9. The summed E-state index contributed by atoms with van der Waals surface area (Å²) in [5.41, 5.74) is 5.86. The first-order valence-electron chi connectivity index (χ1n) is 10.5. The highest BCUT2D eigenvalue weighted by Gasteiger charge is 2.35. The number of rotatable bonds is 5. The highest BCUT2D eigenvalue weighted by atomic mass is 35.5. The molecule has 0 saturated carbocycles. The SMILES string of the molecule is N#Cc1c(N)ncnc1N1CSC[C@H]1c1nc2cccc(Cl)c2c(=O)n1-c1ccccc1OC(F)F. The Morgan fingerprint density at radius 1 is 1.22 bits per heavy atom. The molecule has 0 aliphatic carbocycles. The smallest absolute Gasteiger partial charge is 0.387 e. The molecule has 0 amide bonds. The second-order valence-corrected chi connectivity index (χ2v) is 9.05. The van der Waals surface area contributed by atoms with Crippen molar-refractivity contribution in [3.8, 4) is 17.5 Å². The maximum Gasteiger partial charge on any atom is 0.387 e. The van der Waals surface area contributed by atoms with Crippen LogP contribution in [0.2, 0.25) is 5.02 Å². The second kappa shape index (κ2) is 9.60. The van der Waals surface area contributed by atoms with Crippen molar-refractivity contribution in [3.05, 3.63) is 75.6 Å². The molecule has 182 valence electrons. The van der Waals surface area contributed by atoms with Crippen LogP contribution in [0.25, 0.3) is 16.6 Å². The van der Waals surface area contributed by atoms with Gasteiger partial charge in [-0.15, -0.1) is 11.8 Å². The standard InChI is InChI=1S/C23H16ClF2N7O2S/c24-13-4-3-5-14-18(13)22(34)33(15-6-1-2-7-17(15)35-23(25)26)21(31-14)16-9-36-11-32(16)20-12(8-27)19(28)29-10-30-20/h1-7,10,16,23H,9,11H2,(H2,28,29,30)/t16-/m0/s1. The van der Waals surface area contributed by atoms with Gasteiger partial charge >= 0.3 is 6.61 Å². The Kier molecular flexibility index (Phi) is 6.34. The number of alkyl halides is 2. The summed E-state index contributed by atoms with van der Waals surface area (Å²) < 4.78 is 32.4. The first-order chi connectivity index (χ1) is 17.4. The Morgan fingerprint density at radius 2 is 2.03 bits per heavy atom. The molecule has 4 aromatic rings. The van der Waals surface area contributed by atoms with Crippen molar-refractivity contribution in [2.45, 2.75) is 12.7 Å². The number of aromatic nitrogens is 4. The third-order valence-electron chi connectivity index (χ3n) is 5.62. The van der Waals surface area contributed by atoms with Gasteiger partial charge in [0.25, 0.3) is 5.56 Å². The van der Waals surface area contributed by atoms with Gasteiger partial charge in [0, 0.05) is 5.75 Å². The average molecular weight is 528 g/mol. The largest absolute Gasteiger partial charge is 0.433 e. The van der Waals surface area contributed by atoms with Crippen molar-refractivity contribution in [3.63, 3.8) is 0 Å². The van der Waals surface area contributed by atoms with Gasteiger partial charge < -0.3 is 15.4 Å². The molecule has 0 spiro atoms. The Hall–Kier alpha value is -3.95. The van der Waals surface area contributed by atoms with Gasteiger partial charge in [-0.3, -0.25) is 9.36 Å². The summed E-state index contributed by atoms with van der Waals surface area (Å²) in [7, 11) is 0. The minimum Gasteiger partial charge on any atom is -0.433 e. The Bertz CT molecular complexity index is 1580. The third-order valence-corrected chi connectivity index (χ3v) is 6.94. The van der Waals surface area contributed by atoms with Crippen LogP contribution in [0.15, 0.2) is 53.6 Å². The van der Waals surface area contributed by atoms with E-state index < -0.39 is 18.2 Å². The van der Waals surface area contributed by atoms with Crippen molar-refractivity contribution in [1.82, 2.24) is 19.5 Å². The number of nitrogens with zero attached hydrogens (tertiary/aromatic N) is 6. The minimum absolute atomic E-state index is 0.0180. The number of nitrogen functional groups attached to an aromatic ring is 1. The molecule has 1 saturated heterocycles. The molecule has 3 heterocycles. The number of benzene rings is 2. The number of nitrogens with two attached hydrogens (primary N) is 1. The molecule has 1 aliphatic heterocycles. The first kappa shape index (κ1) is 23.8. The molecule has 0 unspecified atom stereocenters. The van der Waals surface area contributed by atoms with Gasteiger partial charge in [-0.1, -0.05) is 29.8 Å². The maximum atomic E-state index is 13.9. The predicted octanol–water partition coefficient (Wildman–Crippen LogP) is 4.14. The zero-order valence-electron chi connectivity index (χ0n) is 18.3. The van der Waals surface area contributed by atoms with Crippen LogP contribution < -0.4 is 20.9 Å². The van der Waals surface area contributed by atoms with E-state index >= 15 is 0 Å². The van der Waals surface area contributed by atoms with Crippen molar-refractivity contribution in [1.29, 1.82) is 5.26 Å². The number of ether oxygens (including phenoxy) is 1. The molecule has 0 bridgehead atoms. The van der Waals surface area contributed by atoms with Crippen molar-refractivity contribution in [2.24, 2.45) is 0 Å². The fourth-order valence-corrected chi connectivity index (χ4v) is 5.49. The molecule has 1 atom stereocenters. The molecule has 1 fully saturated rings. The van der Waals surface area contributed by atoms with Gasteiger partial charge in [0.15, 0.2) is 5.82 Å². The molecule has 13 heteroatoms. The summed E-state index contributed by atoms with van der Waals surface area (Å²) in [4.78, 5) is 28.5. The topological polar surface area (TPSA) is 123 Å². The lowest BCUT2D eigenvalue weighted by Crippen LogP contribution is -2.33. The summed E-state index contributed by atoms with van der Waals surface area (Å²) in [6, 6.07) is 12.3. The minimum atomic E-state index is -3.11. The molecule has 2 N–H and O–H groups in total. The van der Waals surface area contributed by atoms with Crippen LogP contribution in [0.3, 0.4) is 0 Å². The van der Waals surface area contributed by atoms with Crippen molar-refractivity contribution in [2.75, 3.05) is 22.3 Å². The van der Waals surface area contributed by atoms with E-state index in [9.17, 15) is 18.8 Å². The van der Waals surface area contributed by atoms with Crippen LogP contribution >= 0.6 is 23.4 Å². The van der Waals surface area contributed by atoms with Crippen molar-refractivity contribution >= 4 is 45.9 Å². The van der Waals surface area contributed by atoms with Crippen LogP contribution in [-0.4, -0.2) is 37.8 Å². The molecule has 1 aliphatic rings. The quantitative estimate of drug-likeness (QED) is 0.408. The van der Waals surface area contributed by atoms with Gasteiger partial charge in [-0.25, -0.2) is 15.0 Å². The summed E-state index contributed by atoms with van der Waals surface area (Å²) in [5, 5.41) is 9.98. The molecule has 5 rings (SSSR count). The summed E-state index contributed by atoms with van der Waals surface area (Å²) in [5.74, 6) is 1.21. The van der Waals surface area contributed by atoms with Crippen LogP contribution in [0, 0.1) is 11.3 Å². The van der Waals surface area contributed by atoms with Crippen molar-refractivity contribution < 1.29 is 13.5 Å². The first-order valence-corrected chi connectivity index (χ1v) is 12.0. The van der Waals surface area contributed by atoms with E-state index in [0.717, 1.165) is 0 Å². The van der Waals surface area contributed by atoms with Gasteiger partial charge in [0.05, 0.1) is 33.5 Å². The molecule has 2 aromatic carbocycles. The zero-order chi connectivity index (χ0) is 25.4. The van der Waals surface area contributed by atoms with Gasteiger partial charge in [0.1, 0.15) is 35.4 Å². The van der Waals surface area contributed by atoms with E-state index in [1.54, 1.807) is 29.2 Å². The monoisotopic (exact) mass is 527 g/mol. The third kappa shape index (κ3) is 4.06. The number of hydrogen-bond acceptors (Lipinski definition) is 9.